The summed E-state index contributed by atoms with van der Waals surface area (Å²) in [5.41, 5.74) is 4.15. The summed E-state index contributed by atoms with van der Waals surface area (Å²) in [7, 11) is 0. The van der Waals surface area contributed by atoms with E-state index in [1.807, 2.05) is 66.7 Å². The van der Waals surface area contributed by atoms with Gasteiger partial charge in [-0.2, -0.15) is 0 Å². The minimum Gasteiger partial charge on any atom is -0.494 e. The van der Waals surface area contributed by atoms with Crippen LogP contribution in [-0.2, 0) is 0 Å². The van der Waals surface area contributed by atoms with Crippen LogP contribution < -0.4 is 0 Å². The fraction of sp³-hybridized carbons (Fsp3) is 0.0417. The summed E-state index contributed by atoms with van der Waals surface area (Å²) in [6.45, 7) is 0. The molecule has 3 aromatic carbocycles. The Morgan fingerprint density at radius 1 is 0.867 bits per heavy atom. The minimum atomic E-state index is -1.03. The van der Waals surface area contributed by atoms with Crippen LogP contribution in [0.2, 0.25) is 0 Å². The number of hydrogen-bond acceptors (Lipinski definition) is 4. The summed E-state index contributed by atoms with van der Waals surface area (Å²) in [4.78, 5) is 9.71. The van der Waals surface area contributed by atoms with Crippen LogP contribution in [0, 0.1) is 0 Å². The van der Waals surface area contributed by atoms with E-state index in [1.165, 1.54) is 0 Å². The van der Waals surface area contributed by atoms with Crippen molar-refractivity contribution >= 4 is 33.4 Å². The Kier molecular flexibility index (Phi) is 4.98. The van der Waals surface area contributed by atoms with Crippen molar-refractivity contribution in [1.29, 1.82) is 0 Å². The molecule has 1 aliphatic rings. The number of nitrogens with one attached hydrogen (secondary N) is 1. The van der Waals surface area contributed by atoms with Crippen LogP contribution in [0.25, 0.3) is 11.3 Å². The summed E-state index contributed by atoms with van der Waals surface area (Å²) in [6, 6.07) is 25.8. The van der Waals surface area contributed by atoms with Crippen molar-refractivity contribution in [2.45, 2.75) is 16.0 Å². The predicted molar refractivity (Wildman–Crippen MR) is 123 cm³/mol. The molecule has 30 heavy (non-hydrogen) atoms. The van der Waals surface area contributed by atoms with Gasteiger partial charge in [-0.1, -0.05) is 70.2 Å². The van der Waals surface area contributed by atoms with Crippen LogP contribution in [0.1, 0.15) is 22.9 Å². The van der Waals surface area contributed by atoms with Crippen LogP contribution in [0.15, 0.2) is 98.1 Å². The number of halogens is 1. The molecule has 1 unspecified atom stereocenters. The van der Waals surface area contributed by atoms with Gasteiger partial charge in [0.25, 0.3) is 0 Å². The molecular weight excluding hydrogens is 460 g/mol. The van der Waals surface area contributed by atoms with E-state index in [2.05, 4.69) is 38.0 Å². The lowest BCUT2D eigenvalue weighted by atomic mass is 10.00. The Labute approximate surface area is 186 Å². The first-order valence-corrected chi connectivity index (χ1v) is 11.0. The molecule has 0 aliphatic carbocycles. The highest BCUT2D eigenvalue weighted by molar-refractivity contribution is 9.10. The van der Waals surface area contributed by atoms with Crippen molar-refractivity contribution in [3.05, 3.63) is 100 Å². The van der Waals surface area contributed by atoms with Crippen LogP contribution >= 0.6 is 27.7 Å². The number of rotatable bonds is 4. The third-order valence-corrected chi connectivity index (χ3v) is 6.51. The molecule has 0 saturated carbocycles. The van der Waals surface area contributed by atoms with Crippen LogP contribution in [0.4, 0.5) is 0 Å². The number of benzene rings is 3. The summed E-state index contributed by atoms with van der Waals surface area (Å²) in [5.74, 6) is 0.0133. The largest absolute Gasteiger partial charge is 0.494 e. The molecule has 0 saturated heterocycles. The number of aromatic nitrogens is 1. The average molecular weight is 477 g/mol. The van der Waals surface area contributed by atoms with E-state index < -0.39 is 6.23 Å². The van der Waals surface area contributed by atoms with E-state index >= 15 is 0 Å². The van der Waals surface area contributed by atoms with Gasteiger partial charge in [0.15, 0.2) is 12.1 Å². The van der Waals surface area contributed by atoms with E-state index in [0.29, 0.717) is 22.5 Å². The number of aliphatic hydroxyl groups excluding tert-OH is 1. The van der Waals surface area contributed by atoms with Crippen molar-refractivity contribution in [2.24, 2.45) is 4.99 Å². The lowest BCUT2D eigenvalue weighted by Crippen LogP contribution is -2.00. The lowest BCUT2D eigenvalue weighted by Gasteiger charge is -2.06. The minimum absolute atomic E-state index is 0.0133. The molecule has 1 aliphatic heterocycles. The smallest absolute Gasteiger partial charge is 0.198 e. The molecule has 1 aromatic heterocycles. The number of hydrogen-bond donors (Lipinski definition) is 3. The number of aromatic hydroxyl groups is 1. The van der Waals surface area contributed by atoms with Gasteiger partial charge in [0, 0.05) is 25.4 Å². The van der Waals surface area contributed by atoms with Gasteiger partial charge in [-0.25, -0.2) is 4.99 Å². The van der Waals surface area contributed by atoms with E-state index in [4.69, 9.17) is 0 Å². The van der Waals surface area contributed by atoms with Gasteiger partial charge in [-0.15, -0.1) is 0 Å². The third kappa shape index (κ3) is 3.47. The monoisotopic (exact) mass is 476 g/mol. The molecule has 0 spiro atoms. The molecule has 4 aromatic rings. The Hall–Kier alpha value is -2.80. The molecule has 3 N–H and O–H groups in total. The third-order valence-electron chi connectivity index (χ3n) is 4.98. The number of H-pyrrole nitrogens is 1. The Morgan fingerprint density at radius 2 is 1.60 bits per heavy atom. The summed E-state index contributed by atoms with van der Waals surface area (Å²) in [6.07, 6.45) is -1.03. The number of aliphatic hydroxyl groups is 1. The first-order valence-electron chi connectivity index (χ1n) is 9.40. The van der Waals surface area contributed by atoms with Crippen molar-refractivity contribution in [3.63, 3.8) is 0 Å². The fourth-order valence-electron chi connectivity index (χ4n) is 3.64. The van der Waals surface area contributed by atoms with Crippen molar-refractivity contribution < 1.29 is 10.2 Å². The second-order valence-electron chi connectivity index (χ2n) is 6.94. The highest BCUT2D eigenvalue weighted by atomic mass is 79.9. The molecule has 1 atom stereocenters. The SMILES string of the molecule is Oc1[nH]c(-c2ccc(Br)cc2)c2c1C(c1cccc(Sc3ccccc3)c1)=NC2O. The molecule has 0 amide bonds. The number of aliphatic imine (C=N–C) groups is 1. The van der Waals surface area contributed by atoms with E-state index in [9.17, 15) is 10.2 Å². The topological polar surface area (TPSA) is 68.6 Å². The summed E-state index contributed by atoms with van der Waals surface area (Å²) in [5, 5.41) is 21.4. The molecular formula is C24H17BrN2O2S. The maximum Gasteiger partial charge on any atom is 0.198 e. The number of nitrogens with zero attached hydrogens (tertiary/aromatic N) is 1. The predicted octanol–water partition coefficient (Wildman–Crippen LogP) is 6.14. The van der Waals surface area contributed by atoms with E-state index in [1.54, 1.807) is 11.8 Å². The van der Waals surface area contributed by atoms with Gasteiger partial charge in [0.05, 0.1) is 17.0 Å². The van der Waals surface area contributed by atoms with Gasteiger partial charge in [-0.05, 0) is 42.0 Å². The van der Waals surface area contributed by atoms with Crippen LogP contribution in [0.3, 0.4) is 0 Å². The normalized spacial score (nSPS) is 15.1. The molecule has 0 fully saturated rings. The Morgan fingerprint density at radius 3 is 2.37 bits per heavy atom. The number of aromatic amines is 1. The highest BCUT2D eigenvalue weighted by Gasteiger charge is 2.33. The standard InChI is InChI=1S/C24H17BrN2O2S/c25-16-11-9-14(10-12-16)21-19-20(24(29)26-21)22(27-23(19)28)15-5-4-8-18(13-15)30-17-6-2-1-3-7-17/h1-13,23,26,28-29H. The van der Waals surface area contributed by atoms with E-state index in [0.717, 1.165) is 25.4 Å². The highest BCUT2D eigenvalue weighted by Crippen LogP contribution is 2.43. The molecule has 4 nitrogen and oxygen atoms in total. The molecule has 0 radical (unpaired) electrons. The van der Waals surface area contributed by atoms with Gasteiger partial charge in [0.2, 0.25) is 0 Å². The zero-order valence-electron chi connectivity index (χ0n) is 15.7. The summed E-state index contributed by atoms with van der Waals surface area (Å²) >= 11 is 5.09. The fourth-order valence-corrected chi connectivity index (χ4v) is 4.81. The van der Waals surface area contributed by atoms with Crippen molar-refractivity contribution in [2.75, 3.05) is 0 Å². The van der Waals surface area contributed by atoms with Gasteiger partial charge in [0.1, 0.15) is 0 Å². The Balaban J connectivity index is 1.54. The summed E-state index contributed by atoms with van der Waals surface area (Å²) < 4.78 is 0.962. The van der Waals surface area contributed by atoms with E-state index in [-0.39, 0.29) is 5.88 Å². The van der Waals surface area contributed by atoms with Crippen LogP contribution in [-0.4, -0.2) is 20.9 Å². The molecule has 2 heterocycles. The van der Waals surface area contributed by atoms with Gasteiger partial charge >= 0.3 is 0 Å². The first kappa shape index (κ1) is 19.2. The second kappa shape index (κ2) is 7.80. The average Bonchev–Trinajstić information content (AvgIpc) is 3.28. The number of fused-ring (bicyclic) bond motifs is 1. The van der Waals surface area contributed by atoms with Crippen LogP contribution in [0.5, 0.6) is 5.88 Å². The lowest BCUT2D eigenvalue weighted by molar-refractivity contribution is 0.193. The van der Waals surface area contributed by atoms with Crippen molar-refractivity contribution in [3.8, 4) is 17.1 Å². The molecule has 0 bridgehead atoms. The Bertz CT molecular complexity index is 1250. The first-order chi connectivity index (χ1) is 14.6. The molecule has 6 heteroatoms. The molecule has 148 valence electrons. The maximum absolute atomic E-state index is 10.7. The van der Waals surface area contributed by atoms with Crippen molar-refractivity contribution in [1.82, 2.24) is 4.98 Å². The van der Waals surface area contributed by atoms with Gasteiger partial charge < -0.3 is 15.2 Å². The second-order valence-corrected chi connectivity index (χ2v) is 9.00. The van der Waals surface area contributed by atoms with Gasteiger partial charge in [-0.3, -0.25) is 0 Å². The quantitative estimate of drug-likeness (QED) is 0.331. The zero-order chi connectivity index (χ0) is 20.7. The zero-order valence-corrected chi connectivity index (χ0v) is 18.1. The molecule has 5 rings (SSSR count). The maximum atomic E-state index is 10.7.